The molecule has 0 radical (unpaired) electrons. The lowest BCUT2D eigenvalue weighted by molar-refractivity contribution is -0.150. The van der Waals surface area contributed by atoms with Crippen molar-refractivity contribution in [1.29, 1.82) is 0 Å². The van der Waals surface area contributed by atoms with Crippen molar-refractivity contribution in [1.82, 2.24) is 25.4 Å². The highest BCUT2D eigenvalue weighted by Crippen LogP contribution is 2.41. The molecule has 1 unspecified atom stereocenters. The number of aromatic nitrogens is 3. The molecule has 1 fully saturated rings. The van der Waals surface area contributed by atoms with Crippen molar-refractivity contribution in [2.45, 2.75) is 28.4 Å². The largest absolute Gasteiger partial charge is 0.477 e. The fraction of sp³-hybridized carbons (Fsp3) is 0.316. The van der Waals surface area contributed by atoms with Gasteiger partial charge in [0.1, 0.15) is 28.7 Å². The van der Waals surface area contributed by atoms with Crippen LogP contribution in [-0.2, 0) is 24.2 Å². The number of aryl methyl sites for hydroxylation is 1. The fourth-order valence-corrected chi connectivity index (χ4v) is 6.93. The minimum absolute atomic E-state index is 0.00795. The third kappa shape index (κ3) is 4.77. The first-order valence-corrected chi connectivity index (χ1v) is 13.3. The molecule has 2 aliphatic rings. The molecule has 4 rings (SSSR count). The van der Waals surface area contributed by atoms with Crippen molar-refractivity contribution in [3.8, 4) is 0 Å². The number of amides is 2. The van der Waals surface area contributed by atoms with Crippen molar-refractivity contribution in [2.24, 2.45) is 0 Å². The molecule has 1 aromatic heterocycles. The number of β-lactam (4-membered cyclic amide) rings is 1. The summed E-state index contributed by atoms with van der Waals surface area (Å²) in [5, 5.41) is 18.7. The van der Waals surface area contributed by atoms with Gasteiger partial charge in [0.05, 0.1) is 4.90 Å². The number of nitrogens with one attached hydrogen (secondary N) is 2. The zero-order chi connectivity index (χ0) is 23.8. The molecule has 2 atom stereocenters. The Hall–Kier alpha value is -2.84. The molecule has 0 aliphatic carbocycles. The van der Waals surface area contributed by atoms with Gasteiger partial charge in [0, 0.05) is 11.5 Å². The molecule has 1 aromatic carbocycles. The van der Waals surface area contributed by atoms with Crippen molar-refractivity contribution in [3.05, 3.63) is 47.4 Å². The second-order valence-corrected chi connectivity index (χ2v) is 11.3. The highest BCUT2D eigenvalue weighted by Gasteiger charge is 2.54. The summed E-state index contributed by atoms with van der Waals surface area (Å²) in [5.74, 6) is -2.21. The van der Waals surface area contributed by atoms with Crippen LogP contribution in [0.15, 0.2) is 51.7 Å². The molecule has 3 heterocycles. The first-order chi connectivity index (χ1) is 15.7. The van der Waals surface area contributed by atoms with Gasteiger partial charge >= 0.3 is 5.97 Å². The Morgan fingerprint density at radius 3 is 2.70 bits per heavy atom. The summed E-state index contributed by atoms with van der Waals surface area (Å²) in [6.45, 7) is 1.75. The molecule has 11 nitrogen and oxygen atoms in total. The van der Waals surface area contributed by atoms with Gasteiger partial charge in [-0.1, -0.05) is 30.0 Å². The van der Waals surface area contributed by atoms with E-state index in [2.05, 4.69) is 20.5 Å². The van der Waals surface area contributed by atoms with Crippen molar-refractivity contribution in [2.75, 3.05) is 17.3 Å². The Morgan fingerprint density at radius 2 is 2.06 bits per heavy atom. The first kappa shape index (κ1) is 23.3. The highest BCUT2D eigenvalue weighted by molar-refractivity contribution is 8.01. The number of carbonyl (C=O) groups is 3. The number of aliphatic carboxylic acids is 1. The normalized spacial score (nSPS) is 20.3. The molecule has 0 saturated carbocycles. The summed E-state index contributed by atoms with van der Waals surface area (Å²) in [6, 6.07) is 6.55. The van der Waals surface area contributed by atoms with E-state index in [0.717, 1.165) is 4.90 Å². The number of thioether (sulfide) groups is 2. The summed E-state index contributed by atoms with van der Waals surface area (Å²) < 4.78 is 24.8. The maximum Gasteiger partial charge on any atom is 0.352 e. The summed E-state index contributed by atoms with van der Waals surface area (Å²) in [6.07, 6.45) is 0. The SMILES string of the molecule is Cc1nc(SCC2=C(C(=O)O)N3C(=O)C(NC(=O)CS(=O)(=O)c4ccccc4)[C@H]3SC2)n[nH]1. The lowest BCUT2D eigenvalue weighted by atomic mass is 10.0. The summed E-state index contributed by atoms with van der Waals surface area (Å²) in [4.78, 5) is 42.3. The third-order valence-corrected chi connectivity index (χ3v) is 8.85. The van der Waals surface area contributed by atoms with E-state index in [1.807, 2.05) is 0 Å². The maximum absolute atomic E-state index is 12.7. The molecule has 3 N–H and O–H groups in total. The van der Waals surface area contributed by atoms with E-state index in [9.17, 15) is 27.9 Å². The smallest absolute Gasteiger partial charge is 0.352 e. The second kappa shape index (κ2) is 9.19. The van der Waals surface area contributed by atoms with E-state index in [4.69, 9.17) is 0 Å². The lowest BCUT2D eigenvalue weighted by Crippen LogP contribution is -2.70. The first-order valence-electron chi connectivity index (χ1n) is 9.66. The van der Waals surface area contributed by atoms with Gasteiger partial charge in [-0.15, -0.1) is 16.9 Å². The van der Waals surface area contributed by atoms with Crippen LogP contribution in [0.1, 0.15) is 5.82 Å². The standard InChI is InChI=1S/C19H19N5O6S3/c1-10-20-19(23-22-10)32-8-11-7-31-17-14(16(26)24(17)15(11)18(27)28)21-13(25)9-33(29,30)12-5-3-2-4-6-12/h2-6,14,17H,7-9H2,1H3,(H,21,25)(H,27,28)(H,20,22,23)/t14?,17-/m1/s1. The number of carbonyl (C=O) groups excluding carboxylic acids is 2. The molecule has 2 amide bonds. The third-order valence-electron chi connectivity index (χ3n) is 4.94. The number of sulfone groups is 1. The van der Waals surface area contributed by atoms with Gasteiger partial charge in [0.2, 0.25) is 11.1 Å². The van der Waals surface area contributed by atoms with Gasteiger partial charge in [-0.3, -0.25) is 19.6 Å². The van der Waals surface area contributed by atoms with Crippen LogP contribution in [-0.4, -0.2) is 80.1 Å². The summed E-state index contributed by atoms with van der Waals surface area (Å²) in [7, 11) is -3.87. The van der Waals surface area contributed by atoms with Gasteiger partial charge < -0.3 is 10.4 Å². The molecule has 1 saturated heterocycles. The van der Waals surface area contributed by atoms with E-state index >= 15 is 0 Å². The maximum atomic E-state index is 12.7. The van der Waals surface area contributed by atoms with Crippen molar-refractivity contribution >= 4 is 51.1 Å². The quantitative estimate of drug-likeness (QED) is 0.336. The predicted molar refractivity (Wildman–Crippen MR) is 120 cm³/mol. The van der Waals surface area contributed by atoms with Gasteiger partial charge in [-0.2, -0.15) is 0 Å². The van der Waals surface area contributed by atoms with E-state index in [1.165, 1.54) is 35.7 Å². The molecule has 2 aliphatic heterocycles. The van der Waals surface area contributed by atoms with E-state index < -0.39 is 44.8 Å². The van der Waals surface area contributed by atoms with Crippen LogP contribution in [0, 0.1) is 6.92 Å². The van der Waals surface area contributed by atoms with Crippen LogP contribution < -0.4 is 5.32 Å². The van der Waals surface area contributed by atoms with Gasteiger partial charge in [-0.25, -0.2) is 18.2 Å². The van der Waals surface area contributed by atoms with Crippen LogP contribution >= 0.6 is 23.5 Å². The Balaban J connectivity index is 1.43. The average molecular weight is 510 g/mol. The number of H-pyrrole nitrogens is 1. The zero-order valence-corrected chi connectivity index (χ0v) is 19.7. The number of hydrogen-bond acceptors (Lipinski definition) is 9. The van der Waals surface area contributed by atoms with Crippen LogP contribution in [0.2, 0.25) is 0 Å². The molecule has 0 spiro atoms. The summed E-state index contributed by atoms with van der Waals surface area (Å²) >= 11 is 2.56. The Labute approximate surface area is 197 Å². The van der Waals surface area contributed by atoms with Crippen molar-refractivity contribution < 1.29 is 27.9 Å². The Kier molecular flexibility index (Phi) is 6.50. The molecule has 2 aromatic rings. The molecular weight excluding hydrogens is 490 g/mol. The molecule has 33 heavy (non-hydrogen) atoms. The Bertz CT molecular complexity index is 1240. The fourth-order valence-electron chi connectivity index (χ4n) is 3.43. The van der Waals surface area contributed by atoms with Crippen LogP contribution in [0.5, 0.6) is 0 Å². The minimum Gasteiger partial charge on any atom is -0.477 e. The summed E-state index contributed by atoms with van der Waals surface area (Å²) in [5.41, 5.74) is 0.423. The number of benzene rings is 1. The molecule has 14 heteroatoms. The molecular formula is C19H19N5O6S3. The number of nitrogens with zero attached hydrogens (tertiary/aromatic N) is 3. The van der Waals surface area contributed by atoms with Gasteiger partial charge in [-0.05, 0) is 24.6 Å². The number of hydrogen-bond donors (Lipinski definition) is 3. The lowest BCUT2D eigenvalue weighted by Gasteiger charge is -2.49. The van der Waals surface area contributed by atoms with E-state index in [-0.39, 0.29) is 16.3 Å². The highest BCUT2D eigenvalue weighted by atomic mass is 32.2. The number of carboxylic acids is 1. The number of carboxylic acid groups (broad SMARTS) is 1. The number of aromatic amines is 1. The van der Waals surface area contributed by atoms with E-state index in [0.29, 0.717) is 22.3 Å². The Morgan fingerprint density at radius 1 is 1.33 bits per heavy atom. The molecule has 174 valence electrons. The number of fused-ring (bicyclic) bond motifs is 1. The van der Waals surface area contributed by atoms with Crippen LogP contribution in [0.3, 0.4) is 0 Å². The van der Waals surface area contributed by atoms with E-state index in [1.54, 1.807) is 25.1 Å². The number of rotatable bonds is 8. The van der Waals surface area contributed by atoms with Crippen LogP contribution in [0.4, 0.5) is 0 Å². The monoisotopic (exact) mass is 509 g/mol. The van der Waals surface area contributed by atoms with Crippen LogP contribution in [0.25, 0.3) is 0 Å². The van der Waals surface area contributed by atoms with Crippen molar-refractivity contribution in [3.63, 3.8) is 0 Å². The topological polar surface area (TPSA) is 162 Å². The minimum atomic E-state index is -3.87. The zero-order valence-electron chi connectivity index (χ0n) is 17.2. The van der Waals surface area contributed by atoms with Gasteiger partial charge in [0.25, 0.3) is 5.91 Å². The predicted octanol–water partition coefficient (Wildman–Crippen LogP) is 0.418. The molecule has 0 bridgehead atoms. The average Bonchev–Trinajstić information content (AvgIpc) is 3.20. The van der Waals surface area contributed by atoms with Gasteiger partial charge in [0.15, 0.2) is 9.84 Å². The second-order valence-electron chi connectivity index (χ2n) is 7.28.